The largest absolute Gasteiger partial charge is 0.396 e. The molecular formula is C14H20N4O. The molecule has 102 valence electrons. The lowest BCUT2D eigenvalue weighted by Crippen LogP contribution is -2.29. The van der Waals surface area contributed by atoms with Crippen molar-refractivity contribution in [2.45, 2.75) is 20.3 Å². The Bertz CT molecular complexity index is 506. The van der Waals surface area contributed by atoms with Gasteiger partial charge in [0.1, 0.15) is 12.7 Å². The number of rotatable bonds is 6. The Morgan fingerprint density at radius 3 is 2.79 bits per heavy atom. The van der Waals surface area contributed by atoms with Crippen LogP contribution < -0.4 is 5.32 Å². The Hall–Kier alpha value is -1.88. The molecule has 0 fully saturated rings. The minimum atomic E-state index is -0.116. The van der Waals surface area contributed by atoms with Gasteiger partial charge in [-0.25, -0.2) is 9.67 Å². The SMILES string of the molecule is CCC(C)(CO)CNc1ccccc1-n1cncn1. The third-order valence-electron chi connectivity index (χ3n) is 3.51. The van der Waals surface area contributed by atoms with E-state index in [4.69, 9.17) is 0 Å². The fraction of sp³-hybridized carbons (Fsp3) is 0.429. The molecule has 5 nitrogen and oxygen atoms in total. The van der Waals surface area contributed by atoms with Crippen LogP contribution in [-0.2, 0) is 0 Å². The third-order valence-corrected chi connectivity index (χ3v) is 3.51. The van der Waals surface area contributed by atoms with E-state index in [1.54, 1.807) is 11.0 Å². The van der Waals surface area contributed by atoms with Crippen LogP contribution >= 0.6 is 0 Å². The van der Waals surface area contributed by atoms with Crippen molar-refractivity contribution in [3.05, 3.63) is 36.9 Å². The Labute approximate surface area is 113 Å². The number of hydrogen-bond acceptors (Lipinski definition) is 4. The quantitative estimate of drug-likeness (QED) is 0.834. The summed E-state index contributed by atoms with van der Waals surface area (Å²) in [5.74, 6) is 0. The molecule has 1 atom stereocenters. The zero-order valence-electron chi connectivity index (χ0n) is 11.4. The van der Waals surface area contributed by atoms with E-state index in [2.05, 4.69) is 29.2 Å². The summed E-state index contributed by atoms with van der Waals surface area (Å²) >= 11 is 0. The van der Waals surface area contributed by atoms with Crippen molar-refractivity contribution < 1.29 is 5.11 Å². The van der Waals surface area contributed by atoms with Crippen LogP contribution in [0, 0.1) is 5.41 Å². The van der Waals surface area contributed by atoms with Crippen LogP contribution in [0.1, 0.15) is 20.3 Å². The summed E-state index contributed by atoms with van der Waals surface area (Å²) in [6.07, 6.45) is 4.11. The fourth-order valence-corrected chi connectivity index (χ4v) is 1.76. The number of nitrogens with one attached hydrogen (secondary N) is 1. The van der Waals surface area contributed by atoms with Crippen LogP contribution in [0.15, 0.2) is 36.9 Å². The molecule has 0 aliphatic rings. The van der Waals surface area contributed by atoms with Crippen molar-refractivity contribution in [3.63, 3.8) is 0 Å². The number of aliphatic hydroxyl groups is 1. The average molecular weight is 260 g/mol. The predicted molar refractivity (Wildman–Crippen MR) is 75.3 cm³/mol. The molecule has 19 heavy (non-hydrogen) atoms. The normalized spacial score (nSPS) is 14.1. The highest BCUT2D eigenvalue weighted by molar-refractivity contribution is 5.60. The Morgan fingerprint density at radius 2 is 2.16 bits per heavy atom. The number of hydrogen-bond donors (Lipinski definition) is 2. The van der Waals surface area contributed by atoms with E-state index in [-0.39, 0.29) is 12.0 Å². The Morgan fingerprint density at radius 1 is 1.37 bits per heavy atom. The van der Waals surface area contributed by atoms with E-state index >= 15 is 0 Å². The fourth-order valence-electron chi connectivity index (χ4n) is 1.76. The summed E-state index contributed by atoms with van der Waals surface area (Å²) in [6.45, 7) is 5.03. The molecule has 2 aromatic rings. The highest BCUT2D eigenvalue weighted by atomic mass is 16.3. The zero-order valence-corrected chi connectivity index (χ0v) is 11.4. The van der Waals surface area contributed by atoms with Gasteiger partial charge in [-0.2, -0.15) is 5.10 Å². The van der Waals surface area contributed by atoms with Crippen LogP contribution in [0.2, 0.25) is 0 Å². The Balaban J connectivity index is 2.17. The van der Waals surface area contributed by atoms with E-state index in [0.29, 0.717) is 6.54 Å². The molecule has 1 unspecified atom stereocenters. The average Bonchev–Trinajstić information content (AvgIpc) is 2.99. The lowest BCUT2D eigenvalue weighted by atomic mass is 9.88. The van der Waals surface area contributed by atoms with Gasteiger partial charge in [-0.15, -0.1) is 0 Å². The number of aromatic nitrogens is 3. The van der Waals surface area contributed by atoms with Crippen molar-refractivity contribution in [2.24, 2.45) is 5.41 Å². The molecule has 1 aromatic heterocycles. The molecule has 2 N–H and O–H groups in total. The van der Waals surface area contributed by atoms with E-state index in [1.165, 1.54) is 6.33 Å². The number of aliphatic hydroxyl groups excluding tert-OH is 1. The second-order valence-electron chi connectivity index (χ2n) is 5.03. The van der Waals surface area contributed by atoms with Gasteiger partial charge in [0.05, 0.1) is 18.0 Å². The van der Waals surface area contributed by atoms with Gasteiger partial charge in [-0.3, -0.25) is 0 Å². The second kappa shape index (κ2) is 5.84. The van der Waals surface area contributed by atoms with Crippen LogP contribution in [0.25, 0.3) is 5.69 Å². The van der Waals surface area contributed by atoms with Crippen LogP contribution in [0.4, 0.5) is 5.69 Å². The van der Waals surface area contributed by atoms with Crippen LogP contribution in [-0.4, -0.2) is 33.0 Å². The standard InChI is InChI=1S/C14H20N4O/c1-3-14(2,9-19)8-16-12-6-4-5-7-13(12)18-11-15-10-17-18/h4-7,10-11,16,19H,3,8-9H2,1-2H3. The van der Waals surface area contributed by atoms with Gasteiger partial charge in [-0.1, -0.05) is 26.0 Å². The van der Waals surface area contributed by atoms with Gasteiger partial charge < -0.3 is 10.4 Å². The first-order valence-corrected chi connectivity index (χ1v) is 6.47. The molecule has 1 aromatic carbocycles. The molecule has 0 aliphatic heterocycles. The molecule has 2 rings (SSSR count). The van der Waals surface area contributed by atoms with E-state index in [1.807, 2.05) is 24.3 Å². The van der Waals surface area contributed by atoms with Gasteiger partial charge in [0.2, 0.25) is 0 Å². The second-order valence-corrected chi connectivity index (χ2v) is 5.03. The summed E-state index contributed by atoms with van der Waals surface area (Å²) in [7, 11) is 0. The molecule has 0 spiro atoms. The minimum Gasteiger partial charge on any atom is -0.396 e. The van der Waals surface area contributed by atoms with E-state index < -0.39 is 0 Å². The monoisotopic (exact) mass is 260 g/mol. The molecule has 0 amide bonds. The van der Waals surface area contributed by atoms with Crippen molar-refractivity contribution in [3.8, 4) is 5.69 Å². The third kappa shape index (κ3) is 3.12. The molecule has 0 aliphatic carbocycles. The molecule has 0 bridgehead atoms. The molecule has 1 heterocycles. The maximum Gasteiger partial charge on any atom is 0.138 e. The summed E-state index contributed by atoms with van der Waals surface area (Å²) < 4.78 is 1.73. The first-order chi connectivity index (χ1) is 9.18. The van der Waals surface area contributed by atoms with Gasteiger partial charge in [0.15, 0.2) is 0 Å². The van der Waals surface area contributed by atoms with Gasteiger partial charge in [-0.05, 0) is 18.6 Å². The minimum absolute atomic E-state index is 0.116. The van der Waals surface area contributed by atoms with Gasteiger partial charge >= 0.3 is 0 Å². The predicted octanol–water partition coefficient (Wildman–Crippen LogP) is 2.09. The molecular weight excluding hydrogens is 240 g/mol. The molecule has 5 heteroatoms. The lowest BCUT2D eigenvalue weighted by molar-refractivity contribution is 0.149. The maximum absolute atomic E-state index is 9.45. The van der Waals surface area contributed by atoms with Crippen molar-refractivity contribution in [2.75, 3.05) is 18.5 Å². The summed E-state index contributed by atoms with van der Waals surface area (Å²) in [5.41, 5.74) is 1.83. The zero-order chi connectivity index (χ0) is 13.7. The summed E-state index contributed by atoms with van der Waals surface area (Å²) in [4.78, 5) is 3.96. The van der Waals surface area contributed by atoms with Gasteiger partial charge in [0, 0.05) is 12.0 Å². The highest BCUT2D eigenvalue weighted by Crippen LogP contribution is 2.24. The van der Waals surface area contributed by atoms with E-state index in [0.717, 1.165) is 17.8 Å². The van der Waals surface area contributed by atoms with Crippen LogP contribution in [0.5, 0.6) is 0 Å². The molecule has 0 saturated heterocycles. The van der Waals surface area contributed by atoms with E-state index in [9.17, 15) is 5.11 Å². The number of nitrogens with zero attached hydrogens (tertiary/aromatic N) is 3. The topological polar surface area (TPSA) is 63.0 Å². The van der Waals surface area contributed by atoms with Crippen molar-refractivity contribution in [1.29, 1.82) is 0 Å². The first kappa shape index (κ1) is 13.5. The molecule has 0 saturated carbocycles. The smallest absolute Gasteiger partial charge is 0.138 e. The first-order valence-electron chi connectivity index (χ1n) is 6.47. The van der Waals surface area contributed by atoms with Crippen LogP contribution in [0.3, 0.4) is 0 Å². The number of benzene rings is 1. The summed E-state index contributed by atoms with van der Waals surface area (Å²) in [6, 6.07) is 7.93. The van der Waals surface area contributed by atoms with Gasteiger partial charge in [0.25, 0.3) is 0 Å². The lowest BCUT2D eigenvalue weighted by Gasteiger charge is -2.27. The molecule has 0 radical (unpaired) electrons. The van der Waals surface area contributed by atoms with Crippen molar-refractivity contribution >= 4 is 5.69 Å². The van der Waals surface area contributed by atoms with Crippen molar-refractivity contribution in [1.82, 2.24) is 14.8 Å². The maximum atomic E-state index is 9.45. The number of para-hydroxylation sites is 2. The highest BCUT2D eigenvalue weighted by Gasteiger charge is 2.21. The number of anilines is 1. The summed E-state index contributed by atoms with van der Waals surface area (Å²) in [5, 5.41) is 17.0. The Kier molecular flexibility index (Phi) is 4.16.